The zero-order valence-corrected chi connectivity index (χ0v) is 12.1. The first kappa shape index (κ1) is 13.1. The van der Waals surface area contributed by atoms with Crippen molar-refractivity contribution in [1.82, 2.24) is 19.7 Å². The van der Waals surface area contributed by atoms with E-state index in [0.717, 1.165) is 42.5 Å². The summed E-state index contributed by atoms with van der Waals surface area (Å²) in [5, 5.41) is 7.67. The molecular weight excluding hydrogens is 250 g/mol. The molecule has 2 aromatic heterocycles. The molecule has 0 unspecified atom stereocenters. The number of nitrogens with one attached hydrogen (secondary N) is 1. The molecule has 20 heavy (non-hydrogen) atoms. The van der Waals surface area contributed by atoms with Gasteiger partial charge in [0.25, 0.3) is 0 Å². The van der Waals surface area contributed by atoms with Crippen LogP contribution in [-0.2, 0) is 6.54 Å². The molecule has 3 rings (SSSR count). The van der Waals surface area contributed by atoms with Gasteiger partial charge in [-0.1, -0.05) is 6.92 Å². The fourth-order valence-electron chi connectivity index (χ4n) is 2.35. The number of hydrogen-bond acceptors (Lipinski definition) is 4. The molecule has 5 nitrogen and oxygen atoms in total. The van der Waals surface area contributed by atoms with E-state index in [1.54, 1.807) is 0 Å². The standard InChI is InChI=1S/C15H21N5/c1-3-9-20-13(7-8-17-20)15-18-12(11-5-6-11)10-14(19-15)16-4-2/h7-8,10-11H,3-6,9H2,1-2H3,(H,16,18,19). The van der Waals surface area contributed by atoms with Crippen molar-refractivity contribution in [3.05, 3.63) is 24.0 Å². The molecule has 0 spiro atoms. The van der Waals surface area contributed by atoms with Crippen molar-refractivity contribution in [2.75, 3.05) is 11.9 Å². The molecular formula is C15H21N5. The average molecular weight is 271 g/mol. The first-order valence-electron chi connectivity index (χ1n) is 7.46. The second kappa shape index (κ2) is 5.61. The lowest BCUT2D eigenvalue weighted by Gasteiger charge is -2.10. The number of nitrogens with zero attached hydrogens (tertiary/aromatic N) is 4. The molecule has 1 fully saturated rings. The highest BCUT2D eigenvalue weighted by atomic mass is 15.3. The van der Waals surface area contributed by atoms with Gasteiger partial charge < -0.3 is 5.32 Å². The molecule has 0 radical (unpaired) electrons. The predicted octanol–water partition coefficient (Wildman–Crippen LogP) is 3.06. The van der Waals surface area contributed by atoms with Crippen LogP contribution in [-0.4, -0.2) is 26.3 Å². The maximum atomic E-state index is 4.75. The summed E-state index contributed by atoms with van der Waals surface area (Å²) in [5.41, 5.74) is 2.17. The SMILES string of the molecule is CCCn1nccc1-c1nc(NCC)cc(C2CC2)n1. The molecule has 106 valence electrons. The summed E-state index contributed by atoms with van der Waals surface area (Å²) < 4.78 is 1.99. The summed E-state index contributed by atoms with van der Waals surface area (Å²) in [6, 6.07) is 4.09. The molecule has 2 heterocycles. The Kier molecular flexibility index (Phi) is 3.67. The van der Waals surface area contributed by atoms with Gasteiger partial charge in [0, 0.05) is 37.0 Å². The largest absolute Gasteiger partial charge is 0.370 e. The van der Waals surface area contributed by atoms with Crippen LogP contribution in [0, 0.1) is 0 Å². The van der Waals surface area contributed by atoms with Crippen LogP contribution in [0.1, 0.15) is 44.7 Å². The molecule has 1 aliphatic carbocycles. The van der Waals surface area contributed by atoms with E-state index < -0.39 is 0 Å². The van der Waals surface area contributed by atoms with Gasteiger partial charge in [-0.2, -0.15) is 5.10 Å². The normalized spacial score (nSPS) is 14.5. The van der Waals surface area contributed by atoms with Crippen LogP contribution >= 0.6 is 0 Å². The van der Waals surface area contributed by atoms with Gasteiger partial charge in [0.2, 0.25) is 0 Å². The molecule has 1 aliphatic rings. The van der Waals surface area contributed by atoms with Crippen LogP contribution in [0.3, 0.4) is 0 Å². The molecule has 1 saturated carbocycles. The van der Waals surface area contributed by atoms with Gasteiger partial charge >= 0.3 is 0 Å². The maximum absolute atomic E-state index is 4.75. The highest BCUT2D eigenvalue weighted by molar-refractivity contribution is 5.54. The van der Waals surface area contributed by atoms with E-state index in [0.29, 0.717) is 5.92 Å². The molecule has 0 saturated heterocycles. The zero-order valence-electron chi connectivity index (χ0n) is 12.1. The average Bonchev–Trinajstić information content (AvgIpc) is 3.20. The van der Waals surface area contributed by atoms with Gasteiger partial charge in [-0.15, -0.1) is 0 Å². The molecule has 5 heteroatoms. The Morgan fingerprint density at radius 2 is 2.15 bits per heavy atom. The Morgan fingerprint density at radius 1 is 1.30 bits per heavy atom. The van der Waals surface area contributed by atoms with Crippen LogP contribution in [0.2, 0.25) is 0 Å². The molecule has 0 atom stereocenters. The van der Waals surface area contributed by atoms with Crippen molar-refractivity contribution in [2.24, 2.45) is 0 Å². The van der Waals surface area contributed by atoms with Crippen LogP contribution in [0.25, 0.3) is 11.5 Å². The van der Waals surface area contributed by atoms with E-state index in [-0.39, 0.29) is 0 Å². The van der Waals surface area contributed by atoms with Crippen molar-refractivity contribution in [1.29, 1.82) is 0 Å². The minimum atomic E-state index is 0.622. The number of aryl methyl sites for hydroxylation is 1. The van der Waals surface area contributed by atoms with Gasteiger partial charge in [-0.05, 0) is 32.3 Å². The third-order valence-electron chi connectivity index (χ3n) is 3.48. The van der Waals surface area contributed by atoms with Gasteiger partial charge in [0.15, 0.2) is 5.82 Å². The first-order chi connectivity index (χ1) is 9.81. The monoisotopic (exact) mass is 271 g/mol. The predicted molar refractivity (Wildman–Crippen MR) is 79.7 cm³/mol. The van der Waals surface area contributed by atoms with Gasteiger partial charge in [-0.25, -0.2) is 9.97 Å². The van der Waals surface area contributed by atoms with Crippen LogP contribution in [0.4, 0.5) is 5.82 Å². The highest BCUT2D eigenvalue weighted by Gasteiger charge is 2.26. The lowest BCUT2D eigenvalue weighted by atomic mass is 10.2. The number of rotatable bonds is 6. The van der Waals surface area contributed by atoms with Crippen LogP contribution < -0.4 is 5.32 Å². The van der Waals surface area contributed by atoms with Crippen molar-refractivity contribution in [3.63, 3.8) is 0 Å². The van der Waals surface area contributed by atoms with Crippen molar-refractivity contribution >= 4 is 5.82 Å². The zero-order chi connectivity index (χ0) is 13.9. The molecule has 0 aromatic carbocycles. The molecule has 0 aliphatic heterocycles. The van der Waals surface area contributed by atoms with Gasteiger partial charge in [0.05, 0.1) is 0 Å². The van der Waals surface area contributed by atoms with E-state index >= 15 is 0 Å². The first-order valence-corrected chi connectivity index (χ1v) is 7.46. The Labute approximate surface area is 119 Å². The lowest BCUT2D eigenvalue weighted by molar-refractivity contribution is 0.606. The minimum absolute atomic E-state index is 0.622. The van der Waals surface area contributed by atoms with Crippen LogP contribution in [0.5, 0.6) is 0 Å². The Balaban J connectivity index is 2.00. The molecule has 0 bridgehead atoms. The Hall–Kier alpha value is -1.91. The van der Waals surface area contributed by atoms with Gasteiger partial charge in [-0.3, -0.25) is 4.68 Å². The second-order valence-electron chi connectivity index (χ2n) is 5.25. The van der Waals surface area contributed by atoms with Gasteiger partial charge in [0.1, 0.15) is 11.5 Å². The summed E-state index contributed by atoms with van der Waals surface area (Å²) in [6.07, 6.45) is 5.37. The number of hydrogen-bond donors (Lipinski definition) is 1. The third kappa shape index (κ3) is 2.66. The van der Waals surface area contributed by atoms with E-state index in [1.807, 2.05) is 16.9 Å². The molecule has 2 aromatic rings. The van der Waals surface area contributed by atoms with Crippen molar-refractivity contribution in [2.45, 2.75) is 45.6 Å². The van der Waals surface area contributed by atoms with Crippen LogP contribution in [0.15, 0.2) is 18.3 Å². The third-order valence-corrected chi connectivity index (χ3v) is 3.48. The second-order valence-corrected chi connectivity index (χ2v) is 5.25. The smallest absolute Gasteiger partial charge is 0.180 e. The summed E-state index contributed by atoms with van der Waals surface area (Å²) >= 11 is 0. The summed E-state index contributed by atoms with van der Waals surface area (Å²) in [7, 11) is 0. The quantitative estimate of drug-likeness (QED) is 0.877. The fourth-order valence-corrected chi connectivity index (χ4v) is 2.35. The molecule has 0 amide bonds. The van der Waals surface area contributed by atoms with E-state index in [1.165, 1.54) is 12.8 Å². The Bertz CT molecular complexity index is 586. The summed E-state index contributed by atoms with van der Waals surface area (Å²) in [5.74, 6) is 2.33. The topological polar surface area (TPSA) is 55.6 Å². The molecule has 1 N–H and O–H groups in total. The van der Waals surface area contributed by atoms with E-state index in [2.05, 4.69) is 35.3 Å². The van der Waals surface area contributed by atoms with Crippen molar-refractivity contribution in [3.8, 4) is 11.5 Å². The lowest BCUT2D eigenvalue weighted by Crippen LogP contribution is -2.07. The highest BCUT2D eigenvalue weighted by Crippen LogP contribution is 2.40. The fraction of sp³-hybridized carbons (Fsp3) is 0.533. The maximum Gasteiger partial charge on any atom is 0.180 e. The van der Waals surface area contributed by atoms with Crippen molar-refractivity contribution < 1.29 is 0 Å². The van der Waals surface area contributed by atoms with E-state index in [4.69, 9.17) is 4.98 Å². The van der Waals surface area contributed by atoms with E-state index in [9.17, 15) is 0 Å². The minimum Gasteiger partial charge on any atom is -0.370 e. The number of anilines is 1. The number of aromatic nitrogens is 4. The summed E-state index contributed by atoms with van der Waals surface area (Å²) in [4.78, 5) is 9.39. The Morgan fingerprint density at radius 3 is 2.85 bits per heavy atom. The summed E-state index contributed by atoms with van der Waals surface area (Å²) in [6.45, 7) is 6.00.